The summed E-state index contributed by atoms with van der Waals surface area (Å²) >= 11 is 0. The van der Waals surface area contributed by atoms with E-state index in [1.807, 2.05) is 24.4 Å². The molecule has 7 heteroatoms. The molecule has 130 valence electrons. The maximum atomic E-state index is 5.10. The molecule has 2 atom stereocenters. The Kier molecular flexibility index (Phi) is 5.33. The average molecular weight is 338 g/mol. The Morgan fingerprint density at radius 2 is 1.84 bits per heavy atom. The molecule has 0 aliphatic heterocycles. The van der Waals surface area contributed by atoms with Crippen LogP contribution in [-0.2, 0) is 0 Å². The number of rotatable bonds is 7. The molecule has 7 nitrogen and oxygen atoms in total. The predicted molar refractivity (Wildman–Crippen MR) is 93.8 cm³/mol. The van der Waals surface area contributed by atoms with Crippen LogP contribution in [0.1, 0.15) is 49.9 Å². The standard InChI is InChI=1S/C18H22N6O/c1-13(15-7-9-19-18(23-15)25-3)5-6-14(2)16-11-17(21-12-20-16)24-10-4-8-22-24/h4,7-14H,5-6H2,1-3H3. The number of ether oxygens (including phenoxy) is 1. The zero-order valence-electron chi connectivity index (χ0n) is 14.7. The SMILES string of the molecule is COc1nccc(C(C)CCC(C)c2cc(-n3cccn3)ncn2)n1. The van der Waals surface area contributed by atoms with E-state index in [1.165, 1.54) is 0 Å². The second kappa shape index (κ2) is 7.83. The normalized spacial score (nSPS) is 13.4. The summed E-state index contributed by atoms with van der Waals surface area (Å²) in [6.45, 7) is 4.35. The summed E-state index contributed by atoms with van der Waals surface area (Å²) in [5.41, 5.74) is 2.02. The minimum absolute atomic E-state index is 0.323. The molecule has 3 rings (SSSR count). The van der Waals surface area contributed by atoms with Gasteiger partial charge in [0.15, 0.2) is 5.82 Å². The number of hydrogen-bond donors (Lipinski definition) is 0. The van der Waals surface area contributed by atoms with Crippen molar-refractivity contribution in [3.63, 3.8) is 0 Å². The van der Waals surface area contributed by atoms with Crippen LogP contribution in [0.2, 0.25) is 0 Å². The van der Waals surface area contributed by atoms with Crippen molar-refractivity contribution in [2.45, 2.75) is 38.5 Å². The van der Waals surface area contributed by atoms with Crippen molar-refractivity contribution in [3.8, 4) is 11.8 Å². The largest absolute Gasteiger partial charge is 0.467 e. The van der Waals surface area contributed by atoms with Crippen LogP contribution in [0.4, 0.5) is 0 Å². The zero-order valence-corrected chi connectivity index (χ0v) is 14.7. The minimum atomic E-state index is 0.323. The lowest BCUT2D eigenvalue weighted by atomic mass is 9.93. The molecule has 3 heterocycles. The van der Waals surface area contributed by atoms with E-state index >= 15 is 0 Å². The monoisotopic (exact) mass is 338 g/mol. The fourth-order valence-corrected chi connectivity index (χ4v) is 2.68. The highest BCUT2D eigenvalue weighted by Gasteiger charge is 2.14. The van der Waals surface area contributed by atoms with Gasteiger partial charge in [-0.25, -0.2) is 24.6 Å². The Morgan fingerprint density at radius 3 is 2.56 bits per heavy atom. The van der Waals surface area contributed by atoms with Crippen LogP contribution in [0.3, 0.4) is 0 Å². The predicted octanol–water partition coefficient (Wildman–Crippen LogP) is 3.15. The first-order chi connectivity index (χ1) is 12.2. The van der Waals surface area contributed by atoms with Gasteiger partial charge in [-0.1, -0.05) is 13.8 Å². The van der Waals surface area contributed by atoms with Crippen LogP contribution in [0.5, 0.6) is 6.01 Å². The molecule has 0 aliphatic rings. The zero-order chi connectivity index (χ0) is 17.6. The van der Waals surface area contributed by atoms with Gasteiger partial charge in [0.2, 0.25) is 0 Å². The van der Waals surface area contributed by atoms with E-state index in [-0.39, 0.29) is 0 Å². The number of aromatic nitrogens is 6. The molecular weight excluding hydrogens is 316 g/mol. The summed E-state index contributed by atoms with van der Waals surface area (Å²) < 4.78 is 6.84. The molecule has 0 N–H and O–H groups in total. The van der Waals surface area contributed by atoms with E-state index in [1.54, 1.807) is 30.5 Å². The molecule has 0 spiro atoms. The molecular formula is C18H22N6O. The van der Waals surface area contributed by atoms with Crippen LogP contribution < -0.4 is 4.74 Å². The highest BCUT2D eigenvalue weighted by Crippen LogP contribution is 2.26. The molecule has 0 fully saturated rings. The number of nitrogens with zero attached hydrogens (tertiary/aromatic N) is 6. The molecule has 3 aromatic heterocycles. The molecule has 25 heavy (non-hydrogen) atoms. The molecule has 0 bridgehead atoms. The van der Waals surface area contributed by atoms with E-state index < -0.39 is 0 Å². The Labute approximate surface area is 147 Å². The third-order valence-corrected chi connectivity index (χ3v) is 4.29. The smallest absolute Gasteiger partial charge is 0.316 e. The second-order valence-electron chi connectivity index (χ2n) is 6.10. The van der Waals surface area contributed by atoms with Crippen molar-refractivity contribution in [2.75, 3.05) is 7.11 Å². The van der Waals surface area contributed by atoms with E-state index in [0.717, 1.165) is 30.0 Å². The Balaban J connectivity index is 1.64. The fraction of sp³-hybridized carbons (Fsp3) is 0.389. The van der Waals surface area contributed by atoms with Crippen LogP contribution >= 0.6 is 0 Å². The molecule has 0 radical (unpaired) electrons. The third-order valence-electron chi connectivity index (χ3n) is 4.29. The number of methoxy groups -OCH3 is 1. The molecule has 0 aliphatic carbocycles. The summed E-state index contributed by atoms with van der Waals surface area (Å²) in [5.74, 6) is 1.44. The maximum Gasteiger partial charge on any atom is 0.316 e. The van der Waals surface area contributed by atoms with Crippen molar-refractivity contribution < 1.29 is 4.74 Å². The van der Waals surface area contributed by atoms with Gasteiger partial charge in [-0.3, -0.25) is 0 Å². The van der Waals surface area contributed by atoms with Gasteiger partial charge in [0.1, 0.15) is 6.33 Å². The summed E-state index contributed by atoms with van der Waals surface area (Å²) in [5, 5.41) is 4.22. The molecule has 0 aromatic carbocycles. The summed E-state index contributed by atoms with van der Waals surface area (Å²) in [4.78, 5) is 17.2. The van der Waals surface area contributed by atoms with Crippen LogP contribution in [-0.4, -0.2) is 36.8 Å². The summed E-state index contributed by atoms with van der Waals surface area (Å²) in [7, 11) is 1.58. The van der Waals surface area contributed by atoms with Gasteiger partial charge in [-0.15, -0.1) is 0 Å². The maximum absolute atomic E-state index is 5.10. The van der Waals surface area contributed by atoms with E-state index in [2.05, 4.69) is 38.9 Å². The Hall–Kier alpha value is -2.83. The molecule has 2 unspecified atom stereocenters. The van der Waals surface area contributed by atoms with Gasteiger partial charge in [0.05, 0.1) is 12.8 Å². The lowest BCUT2D eigenvalue weighted by Crippen LogP contribution is -2.06. The minimum Gasteiger partial charge on any atom is -0.467 e. The summed E-state index contributed by atoms with van der Waals surface area (Å²) in [6, 6.07) is 6.23. The quantitative estimate of drug-likeness (QED) is 0.658. The van der Waals surface area contributed by atoms with Crippen LogP contribution in [0.15, 0.2) is 43.1 Å². The van der Waals surface area contributed by atoms with Gasteiger partial charge in [-0.2, -0.15) is 5.10 Å². The first-order valence-electron chi connectivity index (χ1n) is 8.36. The van der Waals surface area contributed by atoms with Crippen LogP contribution in [0, 0.1) is 0 Å². The van der Waals surface area contributed by atoms with Crippen molar-refractivity contribution in [1.82, 2.24) is 29.7 Å². The topological polar surface area (TPSA) is 78.6 Å². The lowest BCUT2D eigenvalue weighted by molar-refractivity contribution is 0.376. The van der Waals surface area contributed by atoms with Gasteiger partial charge in [0, 0.05) is 30.4 Å². The van der Waals surface area contributed by atoms with E-state index in [4.69, 9.17) is 4.74 Å². The molecule has 0 saturated heterocycles. The van der Waals surface area contributed by atoms with Gasteiger partial charge < -0.3 is 4.74 Å². The highest BCUT2D eigenvalue weighted by molar-refractivity contribution is 5.24. The van der Waals surface area contributed by atoms with Crippen molar-refractivity contribution >= 4 is 0 Å². The van der Waals surface area contributed by atoms with Crippen molar-refractivity contribution in [2.24, 2.45) is 0 Å². The van der Waals surface area contributed by atoms with Crippen LogP contribution in [0.25, 0.3) is 5.82 Å². The highest BCUT2D eigenvalue weighted by atomic mass is 16.5. The third kappa shape index (κ3) is 4.17. The average Bonchev–Trinajstić information content (AvgIpc) is 3.21. The Bertz CT molecular complexity index is 805. The molecule has 0 amide bonds. The lowest BCUT2D eigenvalue weighted by Gasteiger charge is -2.15. The summed E-state index contributed by atoms with van der Waals surface area (Å²) in [6.07, 6.45) is 8.96. The van der Waals surface area contributed by atoms with Crippen molar-refractivity contribution in [3.05, 3.63) is 54.5 Å². The van der Waals surface area contributed by atoms with Gasteiger partial charge >= 0.3 is 6.01 Å². The first kappa shape index (κ1) is 17.0. The number of hydrogen-bond acceptors (Lipinski definition) is 6. The van der Waals surface area contributed by atoms with E-state index in [9.17, 15) is 0 Å². The Morgan fingerprint density at radius 1 is 1.04 bits per heavy atom. The fourth-order valence-electron chi connectivity index (χ4n) is 2.68. The second-order valence-corrected chi connectivity index (χ2v) is 6.10. The first-order valence-corrected chi connectivity index (χ1v) is 8.36. The molecule has 3 aromatic rings. The van der Waals surface area contributed by atoms with Gasteiger partial charge in [-0.05, 0) is 36.8 Å². The van der Waals surface area contributed by atoms with Crippen molar-refractivity contribution in [1.29, 1.82) is 0 Å². The molecule has 0 saturated carbocycles. The van der Waals surface area contributed by atoms with E-state index in [0.29, 0.717) is 17.8 Å². The van der Waals surface area contributed by atoms with Gasteiger partial charge in [0.25, 0.3) is 0 Å².